The van der Waals surface area contributed by atoms with Crippen molar-refractivity contribution >= 4 is 11.7 Å². The predicted molar refractivity (Wildman–Crippen MR) is 89.1 cm³/mol. The SMILES string of the molecule is COC(=O)c1ccc(-n2ccnc2C2CCCOC2)c([N+](=O)[O-])c1C. The summed E-state index contributed by atoms with van der Waals surface area (Å²) in [6.45, 7) is 2.82. The Kier molecular flexibility index (Phi) is 4.80. The molecule has 1 aliphatic rings. The van der Waals surface area contributed by atoms with E-state index >= 15 is 0 Å². The zero-order valence-corrected chi connectivity index (χ0v) is 14.1. The van der Waals surface area contributed by atoms with Crippen LogP contribution in [0.4, 0.5) is 5.69 Å². The Morgan fingerprint density at radius 1 is 1.48 bits per heavy atom. The van der Waals surface area contributed by atoms with E-state index in [2.05, 4.69) is 4.98 Å². The van der Waals surface area contributed by atoms with E-state index in [4.69, 9.17) is 9.47 Å². The summed E-state index contributed by atoms with van der Waals surface area (Å²) < 4.78 is 11.9. The Morgan fingerprint density at radius 2 is 2.28 bits per heavy atom. The van der Waals surface area contributed by atoms with Crippen molar-refractivity contribution in [2.45, 2.75) is 25.7 Å². The van der Waals surface area contributed by atoms with Gasteiger partial charge in [0.05, 0.1) is 24.2 Å². The Hall–Kier alpha value is -2.74. The van der Waals surface area contributed by atoms with Gasteiger partial charge in [-0.15, -0.1) is 0 Å². The number of nitrogens with zero attached hydrogens (tertiary/aromatic N) is 3. The molecule has 2 aromatic rings. The third kappa shape index (κ3) is 3.12. The highest BCUT2D eigenvalue weighted by Gasteiger charge is 2.28. The fourth-order valence-corrected chi connectivity index (χ4v) is 3.21. The van der Waals surface area contributed by atoms with Crippen molar-refractivity contribution < 1.29 is 19.2 Å². The van der Waals surface area contributed by atoms with Crippen LogP contribution in [0, 0.1) is 17.0 Å². The highest BCUT2D eigenvalue weighted by molar-refractivity contribution is 5.93. The van der Waals surface area contributed by atoms with Crippen molar-refractivity contribution in [3.05, 3.63) is 51.6 Å². The van der Waals surface area contributed by atoms with Gasteiger partial charge in [-0.3, -0.25) is 14.7 Å². The standard InChI is InChI=1S/C17H19N3O5/c1-11-13(17(21)24-2)5-6-14(15(11)20(22)23)19-8-7-18-16(19)12-4-3-9-25-10-12/h5-8,12H,3-4,9-10H2,1-2H3. The highest BCUT2D eigenvalue weighted by atomic mass is 16.6. The van der Waals surface area contributed by atoms with Gasteiger partial charge in [0.25, 0.3) is 5.69 Å². The number of imidazole rings is 1. The van der Waals surface area contributed by atoms with Gasteiger partial charge in [0.15, 0.2) is 0 Å². The second kappa shape index (κ2) is 7.02. The van der Waals surface area contributed by atoms with E-state index in [-0.39, 0.29) is 22.7 Å². The molecule has 0 spiro atoms. The number of rotatable bonds is 4. The topological polar surface area (TPSA) is 96.5 Å². The molecule has 1 aliphatic heterocycles. The number of ether oxygens (including phenoxy) is 2. The van der Waals surface area contributed by atoms with Crippen molar-refractivity contribution in [3.8, 4) is 5.69 Å². The van der Waals surface area contributed by atoms with Crippen LogP contribution in [0.2, 0.25) is 0 Å². The molecule has 2 heterocycles. The van der Waals surface area contributed by atoms with Crippen molar-refractivity contribution in [1.82, 2.24) is 9.55 Å². The van der Waals surface area contributed by atoms with E-state index in [1.54, 1.807) is 36.0 Å². The number of aromatic nitrogens is 2. The molecule has 8 nitrogen and oxygen atoms in total. The molecule has 0 N–H and O–H groups in total. The second-order valence-electron chi connectivity index (χ2n) is 5.92. The molecule has 25 heavy (non-hydrogen) atoms. The zero-order chi connectivity index (χ0) is 18.0. The summed E-state index contributed by atoms with van der Waals surface area (Å²) in [6, 6.07) is 3.11. The summed E-state index contributed by atoms with van der Waals surface area (Å²) in [4.78, 5) is 27.4. The summed E-state index contributed by atoms with van der Waals surface area (Å²) >= 11 is 0. The molecule has 1 saturated heterocycles. The lowest BCUT2D eigenvalue weighted by molar-refractivity contribution is -0.385. The Labute approximate surface area is 144 Å². The Morgan fingerprint density at radius 3 is 2.92 bits per heavy atom. The lowest BCUT2D eigenvalue weighted by Crippen LogP contribution is -2.19. The van der Waals surface area contributed by atoms with Crippen molar-refractivity contribution in [2.75, 3.05) is 20.3 Å². The van der Waals surface area contributed by atoms with E-state index < -0.39 is 10.9 Å². The number of benzene rings is 1. The molecule has 3 rings (SSSR count). The second-order valence-corrected chi connectivity index (χ2v) is 5.92. The van der Waals surface area contributed by atoms with Gasteiger partial charge in [-0.2, -0.15) is 0 Å². The largest absolute Gasteiger partial charge is 0.465 e. The number of hydrogen-bond donors (Lipinski definition) is 0. The minimum Gasteiger partial charge on any atom is -0.465 e. The number of carbonyl (C=O) groups is 1. The number of methoxy groups -OCH3 is 1. The maximum Gasteiger partial charge on any atom is 0.338 e. The fraction of sp³-hybridized carbons (Fsp3) is 0.412. The summed E-state index contributed by atoms with van der Waals surface area (Å²) in [7, 11) is 1.25. The van der Waals surface area contributed by atoms with Crippen molar-refractivity contribution in [3.63, 3.8) is 0 Å². The summed E-state index contributed by atoms with van der Waals surface area (Å²) in [5.74, 6) is 0.218. The van der Waals surface area contributed by atoms with Gasteiger partial charge in [0, 0.05) is 30.5 Å². The molecular formula is C17H19N3O5. The molecule has 1 atom stereocenters. The normalized spacial score (nSPS) is 17.3. The molecule has 132 valence electrons. The van der Waals surface area contributed by atoms with Crippen molar-refractivity contribution in [1.29, 1.82) is 0 Å². The smallest absolute Gasteiger partial charge is 0.338 e. The molecule has 1 fully saturated rings. The van der Waals surface area contributed by atoms with Crippen LogP contribution in [-0.2, 0) is 9.47 Å². The third-order valence-electron chi connectivity index (χ3n) is 4.45. The van der Waals surface area contributed by atoms with E-state index in [9.17, 15) is 14.9 Å². The third-order valence-corrected chi connectivity index (χ3v) is 4.45. The van der Waals surface area contributed by atoms with E-state index in [0.29, 0.717) is 12.3 Å². The number of nitro benzene ring substituents is 1. The first-order chi connectivity index (χ1) is 12.0. The molecule has 0 bridgehead atoms. The van der Waals surface area contributed by atoms with Crippen LogP contribution in [0.25, 0.3) is 5.69 Å². The number of carbonyl (C=O) groups excluding carboxylic acids is 1. The van der Waals surface area contributed by atoms with Crippen LogP contribution in [0.3, 0.4) is 0 Å². The van der Waals surface area contributed by atoms with Crippen LogP contribution in [0.1, 0.15) is 40.5 Å². The first-order valence-corrected chi connectivity index (χ1v) is 8.02. The first kappa shape index (κ1) is 17.1. The summed E-state index contributed by atoms with van der Waals surface area (Å²) in [5, 5.41) is 11.7. The maximum atomic E-state index is 11.8. The average molecular weight is 345 g/mol. The van der Waals surface area contributed by atoms with Gasteiger partial charge in [-0.1, -0.05) is 0 Å². The lowest BCUT2D eigenvalue weighted by atomic mass is 10.0. The molecule has 0 saturated carbocycles. The number of hydrogen-bond acceptors (Lipinski definition) is 6. The molecule has 0 aliphatic carbocycles. The molecule has 0 amide bonds. The Bertz CT molecular complexity index is 809. The van der Waals surface area contributed by atoms with Gasteiger partial charge >= 0.3 is 5.97 Å². The quantitative estimate of drug-likeness (QED) is 0.480. The number of nitro groups is 1. The number of esters is 1. The Balaban J connectivity index is 2.12. The predicted octanol–water partition coefficient (Wildman–Crippen LogP) is 2.77. The maximum absolute atomic E-state index is 11.8. The molecule has 1 unspecified atom stereocenters. The van der Waals surface area contributed by atoms with Crippen LogP contribution >= 0.6 is 0 Å². The first-order valence-electron chi connectivity index (χ1n) is 8.02. The molecule has 8 heteroatoms. The van der Waals surface area contributed by atoms with Crippen LogP contribution in [0.5, 0.6) is 0 Å². The van der Waals surface area contributed by atoms with E-state index in [1.807, 2.05) is 0 Å². The average Bonchev–Trinajstić information content (AvgIpc) is 3.10. The summed E-state index contributed by atoms with van der Waals surface area (Å²) in [5.41, 5.74) is 0.710. The van der Waals surface area contributed by atoms with Crippen LogP contribution in [-0.4, -0.2) is 40.8 Å². The van der Waals surface area contributed by atoms with Gasteiger partial charge in [0.1, 0.15) is 11.5 Å². The van der Waals surface area contributed by atoms with Gasteiger partial charge in [-0.25, -0.2) is 9.78 Å². The van der Waals surface area contributed by atoms with Crippen LogP contribution < -0.4 is 0 Å². The fourth-order valence-electron chi connectivity index (χ4n) is 3.21. The van der Waals surface area contributed by atoms with Gasteiger partial charge in [0.2, 0.25) is 0 Å². The zero-order valence-electron chi connectivity index (χ0n) is 14.1. The molecule has 1 aromatic heterocycles. The molecule has 1 aromatic carbocycles. The minimum absolute atomic E-state index is 0.0870. The lowest BCUT2D eigenvalue weighted by Gasteiger charge is -2.22. The van der Waals surface area contributed by atoms with E-state index in [0.717, 1.165) is 25.3 Å². The van der Waals surface area contributed by atoms with Crippen LogP contribution in [0.15, 0.2) is 24.5 Å². The monoisotopic (exact) mass is 345 g/mol. The van der Waals surface area contributed by atoms with Gasteiger partial charge < -0.3 is 9.47 Å². The van der Waals surface area contributed by atoms with Crippen molar-refractivity contribution in [2.24, 2.45) is 0 Å². The van der Waals surface area contributed by atoms with Gasteiger partial charge in [-0.05, 0) is 31.9 Å². The van der Waals surface area contributed by atoms with E-state index in [1.165, 1.54) is 7.11 Å². The highest BCUT2D eigenvalue weighted by Crippen LogP contribution is 2.33. The molecular weight excluding hydrogens is 326 g/mol. The minimum atomic E-state index is -0.598. The molecule has 0 radical (unpaired) electrons. The summed E-state index contributed by atoms with van der Waals surface area (Å²) in [6.07, 6.45) is 5.17.